The molecule has 1 atom stereocenters. The summed E-state index contributed by atoms with van der Waals surface area (Å²) in [5.41, 5.74) is 18.2. The largest absolute Gasteiger partial charge is 0.457 e. The summed E-state index contributed by atoms with van der Waals surface area (Å²) in [7, 11) is 0. The van der Waals surface area contributed by atoms with Crippen LogP contribution in [0.25, 0.3) is 11.1 Å². The molecule has 4 saturated carbocycles. The Bertz CT molecular complexity index is 3690. The van der Waals surface area contributed by atoms with Crippen molar-refractivity contribution >= 4 is 0 Å². The van der Waals surface area contributed by atoms with Gasteiger partial charge in [0, 0.05) is 0 Å². The molecule has 1 unspecified atom stereocenters. The average molecular weight is 1380 g/mol. The number of para-hydroxylation sites is 1. The third-order valence-corrected chi connectivity index (χ3v) is 21.7. The number of hydrogen-bond acceptors (Lipinski definition) is 1. The Morgan fingerprint density at radius 1 is 0.284 bits per heavy atom. The van der Waals surface area contributed by atoms with Crippen molar-refractivity contribution in [1.82, 2.24) is 0 Å². The van der Waals surface area contributed by atoms with Crippen LogP contribution in [0.4, 0.5) is 13.2 Å². The second-order valence-electron chi connectivity index (χ2n) is 32.2. The lowest BCUT2D eigenvalue weighted by molar-refractivity contribution is -0.137. The summed E-state index contributed by atoms with van der Waals surface area (Å²) >= 11 is 0. The minimum Gasteiger partial charge on any atom is -0.457 e. The molecular weight excluding hydrogens is 1250 g/mol. The van der Waals surface area contributed by atoms with Crippen molar-refractivity contribution in [3.05, 3.63) is 297 Å². The summed E-state index contributed by atoms with van der Waals surface area (Å²) in [6.45, 7) is 35.6. The lowest BCUT2D eigenvalue weighted by Gasteiger charge is -2.27. The first-order valence-corrected chi connectivity index (χ1v) is 39.3. The van der Waals surface area contributed by atoms with E-state index in [0.717, 1.165) is 52.9 Å². The smallest absolute Gasteiger partial charge is 0.416 e. The molecule has 4 aliphatic carbocycles. The Morgan fingerprint density at radius 3 is 0.863 bits per heavy atom. The Kier molecular flexibility index (Phi) is 33.0. The fraction of sp³-hybridized carbons (Fsp3) is 0.449. The summed E-state index contributed by atoms with van der Waals surface area (Å²) in [5, 5.41) is 0. The highest BCUT2D eigenvalue weighted by Gasteiger charge is 2.35. The zero-order valence-electron chi connectivity index (χ0n) is 65.4. The van der Waals surface area contributed by atoms with Crippen molar-refractivity contribution in [1.29, 1.82) is 0 Å². The van der Waals surface area contributed by atoms with E-state index in [-0.39, 0.29) is 5.92 Å². The van der Waals surface area contributed by atoms with Gasteiger partial charge in [0.25, 0.3) is 0 Å². The van der Waals surface area contributed by atoms with E-state index < -0.39 is 11.7 Å². The predicted molar refractivity (Wildman–Crippen MR) is 435 cm³/mol. The molecule has 546 valence electrons. The van der Waals surface area contributed by atoms with Gasteiger partial charge in [-0.05, 0) is 231 Å². The van der Waals surface area contributed by atoms with E-state index >= 15 is 0 Å². The molecule has 0 aromatic heterocycles. The van der Waals surface area contributed by atoms with Gasteiger partial charge in [0.2, 0.25) is 0 Å². The fourth-order valence-electron chi connectivity index (χ4n) is 14.2. The van der Waals surface area contributed by atoms with E-state index in [2.05, 4.69) is 255 Å². The molecule has 4 heteroatoms. The minimum atomic E-state index is -4.23. The molecule has 9 aromatic carbocycles. The van der Waals surface area contributed by atoms with Crippen molar-refractivity contribution in [3.63, 3.8) is 0 Å². The van der Waals surface area contributed by atoms with Gasteiger partial charge >= 0.3 is 6.18 Å². The molecule has 0 radical (unpaired) electrons. The molecule has 0 N–H and O–H groups in total. The quantitative estimate of drug-likeness (QED) is 0.105. The van der Waals surface area contributed by atoms with E-state index in [4.69, 9.17) is 4.74 Å². The number of benzene rings is 9. The third kappa shape index (κ3) is 26.7. The molecule has 0 amide bonds. The van der Waals surface area contributed by atoms with Crippen molar-refractivity contribution < 1.29 is 17.9 Å². The zero-order chi connectivity index (χ0) is 73.8. The van der Waals surface area contributed by atoms with Gasteiger partial charge in [-0.25, -0.2) is 0 Å². The Labute approximate surface area is 618 Å². The SMILES string of the molecule is CC(C)c1ccc(-c2ccccc2)cc1.CC(C)c1ccc(C(F)(F)F)cc1.CC(C)c1ccc(C2CCC2)cc1.CC(C)c1ccc(C2CCCC2(C)C)cc1.CC(C)c1ccc(C2CCCC2)cc1.CC(C)c1ccc(C2CCCCC2)cc1.CC(C)c1ccc(Oc2ccccc2)cc1. The highest BCUT2D eigenvalue weighted by atomic mass is 19.4. The number of alkyl halides is 3. The second kappa shape index (κ2) is 41.2. The maximum absolute atomic E-state index is 12.1. The van der Waals surface area contributed by atoms with Gasteiger partial charge in [-0.3, -0.25) is 0 Å². The van der Waals surface area contributed by atoms with Gasteiger partial charge < -0.3 is 4.74 Å². The molecule has 9 aromatic rings. The molecule has 0 spiro atoms. The van der Waals surface area contributed by atoms with Crippen LogP contribution in [0.15, 0.2) is 231 Å². The Balaban J connectivity index is 0.000000167. The molecule has 0 bridgehead atoms. The van der Waals surface area contributed by atoms with E-state index in [1.807, 2.05) is 62.4 Å². The third-order valence-electron chi connectivity index (χ3n) is 21.7. The summed E-state index contributed by atoms with van der Waals surface area (Å²) in [6.07, 6.45) is 16.9. The normalized spacial score (nSPS) is 15.9. The Hall–Kier alpha value is -7.43. The van der Waals surface area contributed by atoms with Gasteiger partial charge in [0.15, 0.2) is 0 Å². The summed E-state index contributed by atoms with van der Waals surface area (Å²) < 4.78 is 42.1. The lowest BCUT2D eigenvalue weighted by Crippen LogP contribution is -2.15. The fourth-order valence-corrected chi connectivity index (χ4v) is 14.2. The highest BCUT2D eigenvalue weighted by molar-refractivity contribution is 5.63. The molecule has 102 heavy (non-hydrogen) atoms. The van der Waals surface area contributed by atoms with E-state index in [0.29, 0.717) is 40.9 Å². The minimum absolute atomic E-state index is 0.266. The first-order chi connectivity index (χ1) is 48.8. The van der Waals surface area contributed by atoms with Crippen LogP contribution in [0, 0.1) is 5.41 Å². The molecule has 13 rings (SSSR count). The molecule has 0 heterocycles. The first kappa shape index (κ1) is 81.9. The van der Waals surface area contributed by atoms with Crippen LogP contribution in [-0.4, -0.2) is 0 Å². The number of ether oxygens (including phenoxy) is 1. The number of halogens is 3. The second-order valence-corrected chi connectivity index (χ2v) is 32.2. The molecule has 4 aliphatic rings. The van der Waals surface area contributed by atoms with Crippen molar-refractivity contribution in [3.8, 4) is 22.6 Å². The van der Waals surface area contributed by atoms with Crippen molar-refractivity contribution in [2.24, 2.45) is 5.41 Å². The molecular formula is C98H127F3O. The first-order valence-electron chi connectivity index (χ1n) is 39.3. The molecule has 0 aliphatic heterocycles. The van der Waals surface area contributed by atoms with Gasteiger partial charge in [0.1, 0.15) is 11.5 Å². The molecule has 0 saturated heterocycles. The van der Waals surface area contributed by atoms with E-state index in [1.54, 1.807) is 22.3 Å². The highest BCUT2D eigenvalue weighted by Crippen LogP contribution is 2.49. The van der Waals surface area contributed by atoms with Gasteiger partial charge in [-0.15, -0.1) is 0 Å². The molecule has 1 nitrogen and oxygen atoms in total. The van der Waals surface area contributed by atoms with E-state index in [1.165, 1.54) is 153 Å². The number of hydrogen-bond donors (Lipinski definition) is 0. The predicted octanol–water partition coefficient (Wildman–Crippen LogP) is 31.4. The van der Waals surface area contributed by atoms with Gasteiger partial charge in [-0.1, -0.05) is 350 Å². The number of rotatable bonds is 14. The standard InChI is InChI=1S/C16H24.C15H16O.C15H22.C15H16.C14H20.C13H18.C10H11F3/c1-12(2)13-7-9-14(10-8-13)15-6-5-11-16(15,3)4;1-12(2)13-8-10-15(11-9-13)16-14-6-4-3-5-7-14;2*1-12(2)13-8-10-15(11-9-13)14-6-4-3-5-7-14;1-11(2)12-7-9-14(10-8-12)13-5-3-4-6-13;1-10(2)11-6-8-13(9-7-11)12-4-3-5-12;1-7(2)8-3-5-9(6-4-8)10(11,12)13/h7-10,12,15H,5-6,11H2,1-4H3;3-12H,1-2H3;8-12,14H,3-7H2,1-2H3;3-12H,1-2H3;7-11,13H,3-6H2,1-2H3;6-10,12H,3-5H2,1-2H3;3-7H,1-2H3. The van der Waals surface area contributed by atoms with Gasteiger partial charge in [-0.2, -0.15) is 13.2 Å². The van der Waals surface area contributed by atoms with Crippen LogP contribution in [0.2, 0.25) is 0 Å². The van der Waals surface area contributed by atoms with Crippen LogP contribution < -0.4 is 4.74 Å². The summed E-state index contributed by atoms with van der Waals surface area (Å²) in [5.74, 6) is 9.17. The monoisotopic (exact) mass is 1380 g/mol. The van der Waals surface area contributed by atoms with Crippen molar-refractivity contribution in [2.75, 3.05) is 0 Å². The summed E-state index contributed by atoms with van der Waals surface area (Å²) in [4.78, 5) is 0. The van der Waals surface area contributed by atoms with Crippen molar-refractivity contribution in [2.45, 2.75) is 278 Å². The topological polar surface area (TPSA) is 9.23 Å². The Morgan fingerprint density at radius 2 is 0.559 bits per heavy atom. The van der Waals surface area contributed by atoms with E-state index in [9.17, 15) is 13.2 Å². The van der Waals surface area contributed by atoms with Crippen LogP contribution in [0.5, 0.6) is 11.5 Å². The van der Waals surface area contributed by atoms with Crippen LogP contribution in [0.1, 0.15) is 339 Å². The lowest BCUT2D eigenvalue weighted by atomic mass is 9.77. The molecule has 4 fully saturated rings. The van der Waals surface area contributed by atoms with Gasteiger partial charge in [0.05, 0.1) is 5.56 Å². The van der Waals surface area contributed by atoms with Crippen LogP contribution in [-0.2, 0) is 6.18 Å². The van der Waals surface area contributed by atoms with Crippen LogP contribution in [0.3, 0.4) is 0 Å². The average Bonchev–Trinajstić information content (AvgIpc) is 1.64. The van der Waals surface area contributed by atoms with Crippen LogP contribution >= 0.6 is 0 Å². The maximum atomic E-state index is 12.1. The maximum Gasteiger partial charge on any atom is 0.416 e. The summed E-state index contributed by atoms with van der Waals surface area (Å²) in [6, 6.07) is 79.9. The zero-order valence-corrected chi connectivity index (χ0v) is 65.4.